The molecule has 1 unspecified atom stereocenters. The molecule has 1 aromatic rings. The van der Waals surface area contributed by atoms with Gasteiger partial charge in [-0.05, 0) is 18.9 Å². The van der Waals surface area contributed by atoms with Gasteiger partial charge in [-0.25, -0.2) is 0 Å². The Morgan fingerprint density at radius 3 is 3.35 bits per heavy atom. The van der Waals surface area contributed by atoms with Gasteiger partial charge in [0.15, 0.2) is 0 Å². The Labute approximate surface area is 100 Å². The van der Waals surface area contributed by atoms with E-state index in [1.807, 2.05) is 6.07 Å². The number of hydrogen-bond acceptors (Lipinski definition) is 4. The fraction of sp³-hybridized carbons (Fsp3) is 0.583. The number of nitrogens with one attached hydrogen (secondary N) is 1. The van der Waals surface area contributed by atoms with Crippen molar-refractivity contribution in [1.82, 2.24) is 5.32 Å². The van der Waals surface area contributed by atoms with Crippen molar-refractivity contribution in [2.75, 3.05) is 19.8 Å². The van der Waals surface area contributed by atoms with E-state index in [0.717, 1.165) is 25.0 Å². The van der Waals surface area contributed by atoms with Gasteiger partial charge in [-0.15, -0.1) is 0 Å². The molecule has 0 aromatic carbocycles. The number of primary amides is 1. The molecule has 17 heavy (non-hydrogen) atoms. The summed E-state index contributed by atoms with van der Waals surface area (Å²) in [4.78, 5) is 10.5. The monoisotopic (exact) mass is 238 g/mol. The van der Waals surface area contributed by atoms with Gasteiger partial charge in [-0.1, -0.05) is 0 Å². The van der Waals surface area contributed by atoms with Gasteiger partial charge in [-0.2, -0.15) is 0 Å². The van der Waals surface area contributed by atoms with Crippen molar-refractivity contribution in [2.45, 2.75) is 25.3 Å². The predicted molar refractivity (Wildman–Crippen MR) is 62.4 cm³/mol. The molecule has 1 aliphatic carbocycles. The quantitative estimate of drug-likeness (QED) is 0.717. The number of rotatable bonds is 6. The number of hydrogen-bond donors (Lipinski definition) is 2. The third kappa shape index (κ3) is 3.31. The molecule has 5 heteroatoms. The molecule has 0 saturated heterocycles. The maximum absolute atomic E-state index is 10.5. The largest absolute Gasteiger partial charge is 0.469 e. The van der Waals surface area contributed by atoms with Crippen molar-refractivity contribution in [1.29, 1.82) is 0 Å². The van der Waals surface area contributed by atoms with E-state index in [9.17, 15) is 4.79 Å². The van der Waals surface area contributed by atoms with E-state index >= 15 is 0 Å². The highest BCUT2D eigenvalue weighted by molar-refractivity contribution is 5.74. The molecule has 0 aliphatic heterocycles. The summed E-state index contributed by atoms with van der Waals surface area (Å²) >= 11 is 0. The smallest absolute Gasteiger partial charge is 0.243 e. The molecule has 1 aliphatic rings. The molecule has 94 valence electrons. The van der Waals surface area contributed by atoms with E-state index in [4.69, 9.17) is 14.9 Å². The summed E-state index contributed by atoms with van der Waals surface area (Å²) in [5.74, 6) is 0.659. The summed E-state index contributed by atoms with van der Waals surface area (Å²) in [6.45, 7) is 1.19. The standard InChI is InChI=1S/C12H18N2O3/c13-12(15)8-16-7-5-14-10-2-1-3-11-9(10)4-6-17-11/h4,6,10,14H,1-3,5,7-8H2,(H2,13,15). The van der Waals surface area contributed by atoms with Crippen molar-refractivity contribution < 1.29 is 13.9 Å². The summed E-state index contributed by atoms with van der Waals surface area (Å²) in [6, 6.07) is 2.37. The van der Waals surface area contributed by atoms with Crippen LogP contribution in [0.5, 0.6) is 0 Å². The molecule has 0 fully saturated rings. The number of carbonyl (C=O) groups is 1. The van der Waals surface area contributed by atoms with Crippen LogP contribution in [0.3, 0.4) is 0 Å². The van der Waals surface area contributed by atoms with Crippen LogP contribution in [0.25, 0.3) is 0 Å². The van der Waals surface area contributed by atoms with Gasteiger partial charge >= 0.3 is 0 Å². The molecule has 1 heterocycles. The molecule has 2 rings (SSSR count). The lowest BCUT2D eigenvalue weighted by Crippen LogP contribution is -2.29. The minimum atomic E-state index is -0.431. The average Bonchev–Trinajstić information content (AvgIpc) is 2.77. The fourth-order valence-corrected chi connectivity index (χ4v) is 2.18. The molecular formula is C12H18N2O3. The first-order chi connectivity index (χ1) is 8.27. The van der Waals surface area contributed by atoms with Gasteiger partial charge in [0.25, 0.3) is 0 Å². The summed E-state index contributed by atoms with van der Waals surface area (Å²) in [7, 11) is 0. The highest BCUT2D eigenvalue weighted by atomic mass is 16.5. The molecule has 0 spiro atoms. The lowest BCUT2D eigenvalue weighted by atomic mass is 9.93. The Balaban J connectivity index is 1.72. The summed E-state index contributed by atoms with van der Waals surface area (Å²) < 4.78 is 10.5. The summed E-state index contributed by atoms with van der Waals surface area (Å²) in [5.41, 5.74) is 6.23. The van der Waals surface area contributed by atoms with Gasteiger partial charge in [-0.3, -0.25) is 4.79 Å². The first-order valence-corrected chi connectivity index (χ1v) is 5.93. The van der Waals surface area contributed by atoms with Gasteiger partial charge in [0.2, 0.25) is 5.91 Å². The SMILES string of the molecule is NC(=O)COCCNC1CCCc2occc21. The van der Waals surface area contributed by atoms with Crippen molar-refractivity contribution in [3.05, 3.63) is 23.7 Å². The van der Waals surface area contributed by atoms with E-state index in [0.29, 0.717) is 19.2 Å². The zero-order chi connectivity index (χ0) is 12.1. The molecule has 3 N–H and O–H groups in total. The number of amides is 1. The third-order valence-corrected chi connectivity index (χ3v) is 2.93. The first kappa shape index (κ1) is 12.1. The Hall–Kier alpha value is -1.33. The number of nitrogens with two attached hydrogens (primary N) is 1. The zero-order valence-corrected chi connectivity index (χ0v) is 9.78. The predicted octanol–water partition coefficient (Wildman–Crippen LogP) is 0.748. The Bertz CT molecular complexity index is 376. The maximum atomic E-state index is 10.5. The van der Waals surface area contributed by atoms with Gasteiger partial charge < -0.3 is 20.2 Å². The molecule has 5 nitrogen and oxygen atoms in total. The van der Waals surface area contributed by atoms with E-state index in [2.05, 4.69) is 5.32 Å². The summed E-state index contributed by atoms with van der Waals surface area (Å²) in [5, 5.41) is 3.40. The van der Waals surface area contributed by atoms with Crippen LogP contribution in [0, 0.1) is 0 Å². The Morgan fingerprint density at radius 2 is 2.53 bits per heavy atom. The van der Waals surface area contributed by atoms with Crippen molar-refractivity contribution >= 4 is 5.91 Å². The van der Waals surface area contributed by atoms with Crippen molar-refractivity contribution in [3.63, 3.8) is 0 Å². The molecule has 1 atom stereocenters. The number of furan rings is 1. The van der Waals surface area contributed by atoms with E-state index in [-0.39, 0.29) is 6.61 Å². The molecular weight excluding hydrogens is 220 g/mol. The molecule has 0 radical (unpaired) electrons. The minimum absolute atomic E-state index is 0.0106. The summed E-state index contributed by atoms with van der Waals surface area (Å²) in [6.07, 6.45) is 5.02. The highest BCUT2D eigenvalue weighted by Crippen LogP contribution is 2.30. The van der Waals surface area contributed by atoms with Crippen LogP contribution in [-0.4, -0.2) is 25.7 Å². The zero-order valence-electron chi connectivity index (χ0n) is 9.78. The molecule has 1 aromatic heterocycles. The number of aryl methyl sites for hydroxylation is 1. The van der Waals surface area contributed by atoms with Crippen LogP contribution in [0.1, 0.15) is 30.2 Å². The topological polar surface area (TPSA) is 77.5 Å². The molecule has 0 saturated carbocycles. The van der Waals surface area contributed by atoms with Gasteiger partial charge in [0.1, 0.15) is 12.4 Å². The Kier molecular flexibility index (Phi) is 4.17. The second-order valence-corrected chi connectivity index (χ2v) is 4.22. The van der Waals surface area contributed by atoms with Crippen LogP contribution in [0.2, 0.25) is 0 Å². The van der Waals surface area contributed by atoms with Crippen molar-refractivity contribution in [2.24, 2.45) is 5.73 Å². The highest BCUT2D eigenvalue weighted by Gasteiger charge is 2.21. The van der Waals surface area contributed by atoms with E-state index < -0.39 is 5.91 Å². The second kappa shape index (κ2) is 5.84. The van der Waals surface area contributed by atoms with Crippen LogP contribution in [0.4, 0.5) is 0 Å². The van der Waals surface area contributed by atoms with Crippen molar-refractivity contribution in [3.8, 4) is 0 Å². The lowest BCUT2D eigenvalue weighted by Gasteiger charge is -2.22. The van der Waals surface area contributed by atoms with E-state index in [1.54, 1.807) is 6.26 Å². The van der Waals surface area contributed by atoms with Crippen LogP contribution >= 0.6 is 0 Å². The van der Waals surface area contributed by atoms with Crippen LogP contribution in [0.15, 0.2) is 16.7 Å². The minimum Gasteiger partial charge on any atom is -0.469 e. The fourth-order valence-electron chi connectivity index (χ4n) is 2.18. The van der Waals surface area contributed by atoms with Gasteiger partial charge in [0, 0.05) is 24.6 Å². The van der Waals surface area contributed by atoms with Crippen LogP contribution < -0.4 is 11.1 Å². The number of ether oxygens (including phenoxy) is 1. The van der Waals surface area contributed by atoms with E-state index in [1.165, 1.54) is 5.56 Å². The second-order valence-electron chi connectivity index (χ2n) is 4.22. The molecule has 0 bridgehead atoms. The average molecular weight is 238 g/mol. The normalized spacial score (nSPS) is 18.9. The molecule has 1 amide bonds. The third-order valence-electron chi connectivity index (χ3n) is 2.93. The van der Waals surface area contributed by atoms with Gasteiger partial charge in [0.05, 0.1) is 12.9 Å². The lowest BCUT2D eigenvalue weighted by molar-refractivity contribution is -0.122. The Morgan fingerprint density at radius 1 is 1.65 bits per heavy atom. The first-order valence-electron chi connectivity index (χ1n) is 5.93. The number of carbonyl (C=O) groups excluding carboxylic acids is 1. The van der Waals surface area contributed by atoms with Crippen LogP contribution in [-0.2, 0) is 16.0 Å². The maximum Gasteiger partial charge on any atom is 0.243 e. The number of fused-ring (bicyclic) bond motifs is 1.